The van der Waals surface area contributed by atoms with Crippen molar-refractivity contribution in [1.29, 1.82) is 0 Å². The first-order valence-corrected chi connectivity index (χ1v) is 5.91. The fraction of sp³-hybridized carbons (Fsp3) is 0.444. The number of amides is 1. The normalized spacial score (nSPS) is 25.1. The summed E-state index contributed by atoms with van der Waals surface area (Å²) in [6, 6.07) is -0.730. The van der Waals surface area contributed by atoms with Gasteiger partial charge >= 0.3 is 5.97 Å². The molecule has 0 bridgehead atoms. The van der Waals surface area contributed by atoms with E-state index < -0.39 is 18.1 Å². The first-order valence-electron chi connectivity index (χ1n) is 4.72. The van der Waals surface area contributed by atoms with E-state index in [9.17, 15) is 9.59 Å². The lowest BCUT2D eigenvalue weighted by Gasteiger charge is -2.35. The fourth-order valence-electron chi connectivity index (χ4n) is 1.62. The molecule has 0 radical (unpaired) electrons. The molecule has 1 N–H and O–H groups in total. The molecule has 0 aromatic carbocycles. The molecule has 1 amide bonds. The molecule has 17 heavy (non-hydrogen) atoms. The van der Waals surface area contributed by atoms with Gasteiger partial charge in [-0.25, -0.2) is 9.78 Å². The maximum atomic E-state index is 11.5. The number of aliphatic carboxylic acids is 1. The Balaban J connectivity index is 2.36. The third-order valence-electron chi connectivity index (χ3n) is 2.48. The number of likely N-dealkylation sites (N-methyl/N-ethyl adjacent to an activating group) is 1. The monoisotopic (exact) mass is 276 g/mol. The molecule has 1 aliphatic heterocycles. The predicted octanol–water partition coefficient (Wildman–Crippen LogP) is 0.779. The van der Waals surface area contributed by atoms with E-state index in [1.165, 1.54) is 18.1 Å². The molecule has 0 saturated carbocycles. The van der Waals surface area contributed by atoms with Crippen LogP contribution in [0.3, 0.4) is 0 Å². The second kappa shape index (κ2) is 4.59. The number of ether oxygens (including phenoxy) is 1. The van der Waals surface area contributed by atoms with E-state index in [1.54, 1.807) is 0 Å². The topological polar surface area (TPSA) is 79.7 Å². The van der Waals surface area contributed by atoms with Gasteiger partial charge in [0.1, 0.15) is 22.0 Å². The van der Waals surface area contributed by atoms with Crippen molar-refractivity contribution in [2.45, 2.75) is 12.1 Å². The van der Waals surface area contributed by atoms with Gasteiger partial charge in [0.25, 0.3) is 0 Å². The fourth-order valence-corrected chi connectivity index (χ4v) is 2.72. The Kier molecular flexibility index (Phi) is 3.32. The Hall–Kier alpha value is -1.18. The first kappa shape index (κ1) is 12.3. The van der Waals surface area contributed by atoms with Crippen LogP contribution in [0, 0.1) is 0 Å². The quantitative estimate of drug-likeness (QED) is 0.863. The van der Waals surface area contributed by atoms with Gasteiger partial charge in [-0.1, -0.05) is 11.6 Å². The average molecular weight is 277 g/mol. The molecule has 1 aromatic rings. The number of carboxylic acids is 1. The van der Waals surface area contributed by atoms with Crippen LogP contribution in [0.25, 0.3) is 0 Å². The highest BCUT2D eigenvalue weighted by Gasteiger charge is 2.41. The van der Waals surface area contributed by atoms with Crippen molar-refractivity contribution in [3.8, 4) is 0 Å². The van der Waals surface area contributed by atoms with Crippen LogP contribution in [0.15, 0.2) is 6.20 Å². The molecule has 2 atom stereocenters. The maximum absolute atomic E-state index is 11.5. The molecule has 0 spiro atoms. The summed E-state index contributed by atoms with van der Waals surface area (Å²) in [6.07, 6.45) is 0.313. The lowest BCUT2D eigenvalue weighted by molar-refractivity contribution is -0.171. The van der Waals surface area contributed by atoms with Gasteiger partial charge in [0.2, 0.25) is 5.91 Å². The molecule has 2 rings (SSSR count). The Morgan fingerprint density at radius 2 is 2.47 bits per heavy atom. The Morgan fingerprint density at radius 1 is 1.76 bits per heavy atom. The van der Waals surface area contributed by atoms with E-state index in [0.29, 0.717) is 9.34 Å². The number of rotatable bonds is 2. The van der Waals surface area contributed by atoms with E-state index in [0.717, 1.165) is 11.3 Å². The summed E-state index contributed by atoms with van der Waals surface area (Å²) in [4.78, 5) is 27.9. The van der Waals surface area contributed by atoms with E-state index in [4.69, 9.17) is 21.4 Å². The SMILES string of the molecule is CN1C(=O)COC(C(=O)O)C1c1ncc(Cl)s1. The molecule has 6 nitrogen and oxygen atoms in total. The van der Waals surface area contributed by atoms with Gasteiger partial charge in [-0.3, -0.25) is 4.79 Å². The van der Waals surface area contributed by atoms with Crippen molar-refractivity contribution in [2.24, 2.45) is 0 Å². The van der Waals surface area contributed by atoms with E-state index >= 15 is 0 Å². The molecular formula is C9H9ClN2O4S. The van der Waals surface area contributed by atoms with Crippen LogP contribution < -0.4 is 0 Å². The van der Waals surface area contributed by atoms with Crippen molar-refractivity contribution in [1.82, 2.24) is 9.88 Å². The molecule has 8 heteroatoms. The minimum atomic E-state index is -1.12. The van der Waals surface area contributed by atoms with Gasteiger partial charge in [0.15, 0.2) is 6.10 Å². The molecular weight excluding hydrogens is 268 g/mol. The molecule has 1 fully saturated rings. The minimum absolute atomic E-state index is 0.233. The molecule has 1 aromatic heterocycles. The van der Waals surface area contributed by atoms with Crippen molar-refractivity contribution in [2.75, 3.05) is 13.7 Å². The highest BCUT2D eigenvalue weighted by molar-refractivity contribution is 7.15. The molecule has 92 valence electrons. The number of carbonyl (C=O) groups is 2. The zero-order valence-electron chi connectivity index (χ0n) is 8.79. The van der Waals surface area contributed by atoms with E-state index in [-0.39, 0.29) is 12.5 Å². The van der Waals surface area contributed by atoms with Crippen LogP contribution in [0.4, 0.5) is 0 Å². The Labute approximate surface area is 106 Å². The summed E-state index contributed by atoms with van der Waals surface area (Å²) in [5.41, 5.74) is 0. The van der Waals surface area contributed by atoms with Gasteiger partial charge in [-0.05, 0) is 0 Å². The van der Waals surface area contributed by atoms with Crippen molar-refractivity contribution >= 4 is 34.8 Å². The van der Waals surface area contributed by atoms with Crippen LogP contribution in [0.5, 0.6) is 0 Å². The summed E-state index contributed by atoms with van der Waals surface area (Å²) in [6.45, 7) is -0.233. The number of morpholine rings is 1. The van der Waals surface area contributed by atoms with Crippen molar-refractivity contribution < 1.29 is 19.4 Å². The smallest absolute Gasteiger partial charge is 0.335 e. The largest absolute Gasteiger partial charge is 0.479 e. The number of hydrogen-bond donors (Lipinski definition) is 1. The number of halogens is 1. The maximum Gasteiger partial charge on any atom is 0.335 e. The van der Waals surface area contributed by atoms with Gasteiger partial charge < -0.3 is 14.7 Å². The van der Waals surface area contributed by atoms with Gasteiger partial charge in [-0.2, -0.15) is 0 Å². The van der Waals surface area contributed by atoms with Crippen LogP contribution in [0.1, 0.15) is 11.0 Å². The molecule has 1 aliphatic rings. The predicted molar refractivity (Wildman–Crippen MR) is 60.0 cm³/mol. The number of nitrogens with zero attached hydrogens (tertiary/aromatic N) is 2. The molecule has 2 unspecified atom stereocenters. The standard InChI is InChI=1S/C9H9ClN2O4S/c1-12-5(13)3-16-7(9(14)15)6(12)8-11-2-4(10)17-8/h2,6-7H,3H2,1H3,(H,14,15). The average Bonchev–Trinajstić information content (AvgIpc) is 2.68. The van der Waals surface area contributed by atoms with Crippen LogP contribution >= 0.6 is 22.9 Å². The molecule has 0 aliphatic carbocycles. The third kappa shape index (κ3) is 2.26. The molecule has 1 saturated heterocycles. The van der Waals surface area contributed by atoms with E-state index in [1.807, 2.05) is 0 Å². The minimum Gasteiger partial charge on any atom is -0.479 e. The van der Waals surface area contributed by atoms with Gasteiger partial charge in [-0.15, -0.1) is 11.3 Å². The number of thiazole rings is 1. The summed E-state index contributed by atoms with van der Waals surface area (Å²) in [7, 11) is 1.53. The summed E-state index contributed by atoms with van der Waals surface area (Å²) in [5, 5.41) is 9.52. The zero-order valence-corrected chi connectivity index (χ0v) is 10.4. The lowest BCUT2D eigenvalue weighted by Crippen LogP contribution is -2.49. The highest BCUT2D eigenvalue weighted by atomic mass is 35.5. The van der Waals surface area contributed by atoms with Crippen molar-refractivity contribution in [3.63, 3.8) is 0 Å². The summed E-state index contributed by atoms with van der Waals surface area (Å²) < 4.78 is 5.47. The lowest BCUT2D eigenvalue weighted by atomic mass is 10.1. The summed E-state index contributed by atoms with van der Waals surface area (Å²) >= 11 is 6.89. The second-order valence-electron chi connectivity index (χ2n) is 3.52. The zero-order chi connectivity index (χ0) is 12.6. The third-order valence-corrected chi connectivity index (χ3v) is 3.66. The number of aromatic nitrogens is 1. The van der Waals surface area contributed by atoms with Crippen molar-refractivity contribution in [3.05, 3.63) is 15.5 Å². The van der Waals surface area contributed by atoms with Crippen LogP contribution in [-0.2, 0) is 14.3 Å². The van der Waals surface area contributed by atoms with E-state index in [2.05, 4.69) is 4.98 Å². The highest BCUT2D eigenvalue weighted by Crippen LogP contribution is 2.33. The number of carbonyl (C=O) groups excluding carboxylic acids is 1. The molecule has 2 heterocycles. The van der Waals surface area contributed by atoms with Gasteiger partial charge in [0, 0.05) is 7.05 Å². The number of carboxylic acid groups (broad SMARTS) is 1. The Bertz CT molecular complexity index is 464. The van der Waals surface area contributed by atoms with Crippen LogP contribution in [0.2, 0.25) is 4.34 Å². The Morgan fingerprint density at radius 3 is 3.00 bits per heavy atom. The van der Waals surface area contributed by atoms with Gasteiger partial charge in [0.05, 0.1) is 6.20 Å². The van der Waals surface area contributed by atoms with Crippen LogP contribution in [-0.4, -0.2) is 46.6 Å². The first-order chi connectivity index (χ1) is 8.00. The number of hydrogen-bond acceptors (Lipinski definition) is 5. The second-order valence-corrected chi connectivity index (χ2v) is 5.22. The summed E-state index contributed by atoms with van der Waals surface area (Å²) in [5.74, 6) is -1.40.